The number of hydrogen-bond donors (Lipinski definition) is 1. The lowest BCUT2D eigenvalue weighted by molar-refractivity contribution is 0.00739. The Labute approximate surface area is 86.3 Å². The highest BCUT2D eigenvalue weighted by Gasteiger charge is 2.26. The fraction of sp³-hybridized carbons (Fsp3) is 0.600. The molecule has 1 N–H and O–H groups in total. The summed E-state index contributed by atoms with van der Waals surface area (Å²) in [6.07, 6.45) is 0.982. The molecule has 1 aromatic heterocycles. The van der Waals surface area contributed by atoms with Crippen LogP contribution >= 0.6 is 11.3 Å². The van der Waals surface area contributed by atoms with Crippen LogP contribution in [0.15, 0.2) is 11.4 Å². The van der Waals surface area contributed by atoms with Gasteiger partial charge in [0.25, 0.3) is 0 Å². The molecule has 1 aromatic rings. The van der Waals surface area contributed by atoms with Gasteiger partial charge < -0.3 is 9.84 Å². The molecular formula is C10H13FO2S. The minimum atomic E-state index is -0.654. The number of aliphatic hydroxyl groups is 1. The van der Waals surface area contributed by atoms with Crippen molar-refractivity contribution < 1.29 is 14.2 Å². The van der Waals surface area contributed by atoms with Crippen molar-refractivity contribution in [2.45, 2.75) is 18.9 Å². The maximum atomic E-state index is 13.2. The van der Waals surface area contributed by atoms with Gasteiger partial charge in [0.05, 0.1) is 11.0 Å². The van der Waals surface area contributed by atoms with Crippen LogP contribution < -0.4 is 0 Å². The van der Waals surface area contributed by atoms with E-state index < -0.39 is 6.10 Å². The molecule has 1 aliphatic rings. The van der Waals surface area contributed by atoms with Gasteiger partial charge >= 0.3 is 0 Å². The predicted molar refractivity (Wildman–Crippen MR) is 52.8 cm³/mol. The number of rotatable bonds is 2. The third kappa shape index (κ3) is 1.97. The molecule has 0 radical (unpaired) electrons. The van der Waals surface area contributed by atoms with Gasteiger partial charge in [0, 0.05) is 13.2 Å². The molecule has 1 saturated heterocycles. The normalized spacial score (nSPS) is 21.0. The van der Waals surface area contributed by atoms with Gasteiger partial charge in [-0.15, -0.1) is 11.3 Å². The van der Waals surface area contributed by atoms with E-state index in [1.165, 1.54) is 17.4 Å². The van der Waals surface area contributed by atoms with Crippen molar-refractivity contribution in [1.82, 2.24) is 0 Å². The van der Waals surface area contributed by atoms with Crippen LogP contribution in [0.3, 0.4) is 0 Å². The molecule has 1 fully saturated rings. The molecule has 0 aliphatic carbocycles. The number of ether oxygens (including phenoxy) is 1. The van der Waals surface area contributed by atoms with E-state index >= 15 is 0 Å². The molecule has 2 rings (SSSR count). The number of thiophene rings is 1. The van der Waals surface area contributed by atoms with Gasteiger partial charge in [0.15, 0.2) is 0 Å². The zero-order chi connectivity index (χ0) is 9.97. The number of halogens is 1. The second kappa shape index (κ2) is 4.38. The summed E-state index contributed by atoms with van der Waals surface area (Å²) in [6, 6.07) is 1.41. The van der Waals surface area contributed by atoms with E-state index in [1.54, 1.807) is 5.38 Å². The molecule has 0 bridgehead atoms. The fourth-order valence-electron chi connectivity index (χ4n) is 1.76. The van der Waals surface area contributed by atoms with E-state index in [2.05, 4.69) is 0 Å². The molecule has 1 unspecified atom stereocenters. The Bertz CT molecular complexity index is 294. The van der Waals surface area contributed by atoms with Crippen molar-refractivity contribution in [3.05, 3.63) is 22.1 Å². The third-order valence-electron chi connectivity index (χ3n) is 2.63. The van der Waals surface area contributed by atoms with Crippen molar-refractivity contribution in [2.75, 3.05) is 13.2 Å². The van der Waals surface area contributed by atoms with E-state index in [0.717, 1.165) is 12.8 Å². The summed E-state index contributed by atoms with van der Waals surface area (Å²) in [7, 11) is 0. The molecule has 1 aliphatic heterocycles. The Balaban J connectivity index is 2.07. The molecule has 1 atom stereocenters. The van der Waals surface area contributed by atoms with Crippen molar-refractivity contribution >= 4 is 11.3 Å². The smallest absolute Gasteiger partial charge is 0.139 e. The first-order valence-electron chi connectivity index (χ1n) is 4.77. The standard InChI is InChI=1S/C10H13FO2S/c11-8-3-6-14-10(8)9(12)7-1-4-13-5-2-7/h3,6-7,9,12H,1-2,4-5H2. The van der Waals surface area contributed by atoms with Gasteiger partial charge in [-0.3, -0.25) is 0 Å². The molecule has 4 heteroatoms. The van der Waals surface area contributed by atoms with Crippen molar-refractivity contribution in [1.29, 1.82) is 0 Å². The highest BCUT2D eigenvalue weighted by molar-refractivity contribution is 7.10. The average molecular weight is 216 g/mol. The second-order valence-corrected chi connectivity index (χ2v) is 4.48. The second-order valence-electron chi connectivity index (χ2n) is 3.53. The Morgan fingerprint density at radius 1 is 1.50 bits per heavy atom. The van der Waals surface area contributed by atoms with Crippen molar-refractivity contribution in [3.8, 4) is 0 Å². The van der Waals surface area contributed by atoms with Crippen LogP contribution in [0.1, 0.15) is 23.8 Å². The van der Waals surface area contributed by atoms with Crippen molar-refractivity contribution in [3.63, 3.8) is 0 Å². The molecular weight excluding hydrogens is 203 g/mol. The minimum absolute atomic E-state index is 0.150. The Hall–Kier alpha value is -0.450. The van der Waals surface area contributed by atoms with Gasteiger partial charge in [-0.2, -0.15) is 0 Å². The molecule has 0 amide bonds. The summed E-state index contributed by atoms with van der Waals surface area (Å²) in [4.78, 5) is 0.469. The van der Waals surface area contributed by atoms with Gasteiger partial charge in [-0.1, -0.05) is 0 Å². The topological polar surface area (TPSA) is 29.5 Å². The SMILES string of the molecule is OC(c1sccc1F)C1CCOCC1. The summed E-state index contributed by atoms with van der Waals surface area (Å²) in [6.45, 7) is 1.35. The van der Waals surface area contributed by atoms with Crippen LogP contribution in [0.5, 0.6) is 0 Å². The first kappa shape index (κ1) is 10.1. The van der Waals surface area contributed by atoms with Crippen LogP contribution in [0, 0.1) is 11.7 Å². The summed E-state index contributed by atoms with van der Waals surface area (Å²) in [5.41, 5.74) is 0. The molecule has 0 spiro atoms. The first-order chi connectivity index (χ1) is 6.79. The molecule has 78 valence electrons. The lowest BCUT2D eigenvalue weighted by Crippen LogP contribution is -2.21. The largest absolute Gasteiger partial charge is 0.387 e. The lowest BCUT2D eigenvalue weighted by Gasteiger charge is -2.26. The minimum Gasteiger partial charge on any atom is -0.387 e. The highest BCUT2D eigenvalue weighted by Crippen LogP contribution is 2.33. The zero-order valence-electron chi connectivity index (χ0n) is 7.78. The van der Waals surface area contributed by atoms with E-state index in [1.807, 2.05) is 0 Å². The first-order valence-corrected chi connectivity index (χ1v) is 5.65. The molecule has 0 saturated carbocycles. The van der Waals surface area contributed by atoms with Crippen LogP contribution in [-0.2, 0) is 4.74 Å². The summed E-state index contributed by atoms with van der Waals surface area (Å²) < 4.78 is 18.4. The Kier molecular flexibility index (Phi) is 3.15. The van der Waals surface area contributed by atoms with Crippen LogP contribution in [0.4, 0.5) is 4.39 Å². The van der Waals surface area contributed by atoms with Crippen LogP contribution in [0.25, 0.3) is 0 Å². The number of aliphatic hydroxyl groups excluding tert-OH is 1. The fourth-order valence-corrected chi connectivity index (χ4v) is 2.61. The summed E-state index contributed by atoms with van der Waals surface area (Å²) in [5.74, 6) is -0.133. The third-order valence-corrected chi connectivity index (χ3v) is 3.59. The molecule has 0 aromatic carbocycles. The van der Waals surface area contributed by atoms with Gasteiger partial charge in [0.1, 0.15) is 5.82 Å². The van der Waals surface area contributed by atoms with Gasteiger partial charge in [-0.05, 0) is 30.2 Å². The Morgan fingerprint density at radius 3 is 2.79 bits per heavy atom. The maximum absolute atomic E-state index is 13.2. The van der Waals surface area contributed by atoms with Crippen LogP contribution in [0.2, 0.25) is 0 Å². The molecule has 14 heavy (non-hydrogen) atoms. The quantitative estimate of drug-likeness (QED) is 0.822. The zero-order valence-corrected chi connectivity index (χ0v) is 8.60. The predicted octanol–water partition coefficient (Wildman–Crippen LogP) is 2.35. The molecule has 2 nitrogen and oxygen atoms in total. The number of hydrogen-bond acceptors (Lipinski definition) is 3. The average Bonchev–Trinajstić information content (AvgIpc) is 2.65. The van der Waals surface area contributed by atoms with E-state index in [9.17, 15) is 9.50 Å². The van der Waals surface area contributed by atoms with Crippen LogP contribution in [-0.4, -0.2) is 18.3 Å². The Morgan fingerprint density at radius 2 is 2.21 bits per heavy atom. The molecule has 2 heterocycles. The maximum Gasteiger partial charge on any atom is 0.139 e. The summed E-state index contributed by atoms with van der Waals surface area (Å²) in [5, 5.41) is 11.6. The highest BCUT2D eigenvalue weighted by atomic mass is 32.1. The lowest BCUT2D eigenvalue weighted by atomic mass is 9.93. The van der Waals surface area contributed by atoms with Crippen molar-refractivity contribution in [2.24, 2.45) is 5.92 Å². The summed E-state index contributed by atoms with van der Waals surface area (Å²) >= 11 is 1.29. The van der Waals surface area contributed by atoms with E-state index in [4.69, 9.17) is 4.74 Å². The van der Waals surface area contributed by atoms with E-state index in [0.29, 0.717) is 18.1 Å². The van der Waals surface area contributed by atoms with E-state index in [-0.39, 0.29) is 11.7 Å². The van der Waals surface area contributed by atoms with Gasteiger partial charge in [0.2, 0.25) is 0 Å². The monoisotopic (exact) mass is 216 g/mol. The van der Waals surface area contributed by atoms with Gasteiger partial charge in [-0.25, -0.2) is 4.39 Å².